The highest BCUT2D eigenvalue weighted by atomic mass is 35.5. The summed E-state index contributed by atoms with van der Waals surface area (Å²) in [6, 6.07) is 9.46. The number of carbonyl (C=O) groups is 1. The Hall–Kier alpha value is -1.89. The van der Waals surface area contributed by atoms with Gasteiger partial charge >= 0.3 is 0 Å². The second-order valence-corrected chi connectivity index (χ2v) is 5.40. The van der Waals surface area contributed by atoms with Gasteiger partial charge in [-0.1, -0.05) is 0 Å². The Morgan fingerprint density at radius 3 is 2.57 bits per heavy atom. The number of piperidine rings is 1. The second-order valence-electron chi connectivity index (χ2n) is 5.40. The zero-order chi connectivity index (χ0) is 15.4. The van der Waals surface area contributed by atoms with Crippen LogP contribution in [0.3, 0.4) is 0 Å². The van der Waals surface area contributed by atoms with Crippen molar-refractivity contribution in [3.63, 3.8) is 0 Å². The van der Waals surface area contributed by atoms with E-state index in [0.29, 0.717) is 12.8 Å². The molecule has 0 aliphatic carbocycles. The maximum atomic E-state index is 12.6. The van der Waals surface area contributed by atoms with E-state index in [1.807, 2.05) is 36.5 Å². The van der Waals surface area contributed by atoms with E-state index in [0.717, 1.165) is 24.5 Å². The molecular weight excluding hydrogens is 316 g/mol. The second kappa shape index (κ2) is 7.59. The van der Waals surface area contributed by atoms with E-state index in [1.165, 1.54) is 0 Å². The van der Waals surface area contributed by atoms with E-state index < -0.39 is 5.60 Å². The van der Waals surface area contributed by atoms with Crippen molar-refractivity contribution >= 4 is 24.0 Å². The van der Waals surface area contributed by atoms with Crippen molar-refractivity contribution in [2.75, 3.05) is 25.5 Å². The molecule has 0 unspecified atom stereocenters. The molecular formula is C16H21ClN4O2. The molecule has 1 aliphatic heterocycles. The van der Waals surface area contributed by atoms with Gasteiger partial charge in [0.15, 0.2) is 0 Å². The first-order valence-electron chi connectivity index (χ1n) is 7.41. The fourth-order valence-electron chi connectivity index (χ4n) is 2.72. The molecule has 6 nitrogen and oxygen atoms in total. The van der Waals surface area contributed by atoms with Gasteiger partial charge in [0.05, 0.1) is 5.69 Å². The number of hydrogen-bond donors (Lipinski definition) is 2. The Bertz CT molecular complexity index is 622. The van der Waals surface area contributed by atoms with Crippen LogP contribution in [0.1, 0.15) is 12.8 Å². The minimum atomic E-state index is -0.730. The molecule has 0 atom stereocenters. The van der Waals surface area contributed by atoms with E-state index in [1.54, 1.807) is 18.0 Å². The lowest BCUT2D eigenvalue weighted by molar-refractivity contribution is -0.140. The van der Waals surface area contributed by atoms with Gasteiger partial charge in [0.1, 0.15) is 5.60 Å². The predicted octanol–water partition coefficient (Wildman–Crippen LogP) is 2.00. The van der Waals surface area contributed by atoms with Crippen LogP contribution in [0, 0.1) is 0 Å². The van der Waals surface area contributed by atoms with Crippen molar-refractivity contribution < 1.29 is 9.53 Å². The SMILES string of the molecule is COC1(C(=O)Nc2ccc(-n3cccn3)cc2)CCNCC1.Cl. The van der Waals surface area contributed by atoms with Crippen LogP contribution in [0.2, 0.25) is 0 Å². The van der Waals surface area contributed by atoms with Gasteiger partial charge in [-0.3, -0.25) is 4.79 Å². The van der Waals surface area contributed by atoms with Crippen molar-refractivity contribution in [1.82, 2.24) is 15.1 Å². The molecule has 1 aromatic heterocycles. The molecule has 0 radical (unpaired) electrons. The molecule has 23 heavy (non-hydrogen) atoms. The lowest BCUT2D eigenvalue weighted by Crippen LogP contribution is -2.51. The Morgan fingerprint density at radius 1 is 1.30 bits per heavy atom. The quantitative estimate of drug-likeness (QED) is 0.896. The summed E-state index contributed by atoms with van der Waals surface area (Å²) in [6.45, 7) is 1.58. The first-order chi connectivity index (χ1) is 10.7. The standard InChI is InChI=1S/C16H20N4O2.ClH/c1-22-16(7-10-17-11-8-16)15(21)19-13-3-5-14(6-4-13)20-12-2-9-18-20;/h2-6,9,12,17H,7-8,10-11H2,1H3,(H,19,21);1H. The number of carbonyl (C=O) groups excluding carboxylic acids is 1. The van der Waals surface area contributed by atoms with Crippen LogP contribution in [-0.4, -0.2) is 41.5 Å². The average Bonchev–Trinajstić information content (AvgIpc) is 3.10. The minimum absolute atomic E-state index is 0. The van der Waals surface area contributed by atoms with E-state index in [4.69, 9.17) is 4.74 Å². The molecule has 1 saturated heterocycles. The number of methoxy groups -OCH3 is 1. The number of anilines is 1. The average molecular weight is 337 g/mol. The molecule has 1 fully saturated rings. The molecule has 0 bridgehead atoms. The first kappa shape index (κ1) is 17.5. The number of nitrogens with zero attached hydrogens (tertiary/aromatic N) is 2. The molecule has 0 saturated carbocycles. The van der Waals surface area contributed by atoms with Crippen LogP contribution in [-0.2, 0) is 9.53 Å². The summed E-state index contributed by atoms with van der Waals surface area (Å²) in [6.07, 6.45) is 4.97. The monoisotopic (exact) mass is 336 g/mol. The van der Waals surface area contributed by atoms with E-state index >= 15 is 0 Å². The van der Waals surface area contributed by atoms with Crippen molar-refractivity contribution in [3.05, 3.63) is 42.7 Å². The molecule has 2 heterocycles. The maximum absolute atomic E-state index is 12.6. The van der Waals surface area contributed by atoms with Crippen LogP contribution in [0.25, 0.3) is 5.69 Å². The lowest BCUT2D eigenvalue weighted by atomic mass is 9.91. The normalized spacial score (nSPS) is 16.4. The van der Waals surface area contributed by atoms with E-state index in [9.17, 15) is 4.79 Å². The number of aromatic nitrogens is 2. The molecule has 2 N–H and O–H groups in total. The summed E-state index contributed by atoms with van der Waals surface area (Å²) in [5.41, 5.74) is 0.980. The number of ether oxygens (including phenoxy) is 1. The van der Waals surface area contributed by atoms with Gasteiger partial charge in [-0.15, -0.1) is 12.4 Å². The fraction of sp³-hybridized carbons (Fsp3) is 0.375. The molecule has 1 aliphatic rings. The fourth-order valence-corrected chi connectivity index (χ4v) is 2.72. The van der Waals surface area contributed by atoms with Crippen LogP contribution >= 0.6 is 12.4 Å². The Labute approximate surface area is 141 Å². The third-order valence-corrected chi connectivity index (χ3v) is 4.11. The zero-order valence-corrected chi connectivity index (χ0v) is 13.8. The van der Waals surface area contributed by atoms with Gasteiger partial charge in [-0.25, -0.2) is 4.68 Å². The highest BCUT2D eigenvalue weighted by Crippen LogP contribution is 2.24. The summed E-state index contributed by atoms with van der Waals surface area (Å²) in [7, 11) is 1.60. The van der Waals surface area contributed by atoms with Crippen molar-refractivity contribution in [3.8, 4) is 5.69 Å². The highest BCUT2D eigenvalue weighted by Gasteiger charge is 2.39. The summed E-state index contributed by atoms with van der Waals surface area (Å²) in [5.74, 6) is -0.0802. The zero-order valence-electron chi connectivity index (χ0n) is 13.0. The summed E-state index contributed by atoms with van der Waals surface area (Å²) in [5, 5.41) is 10.4. The molecule has 3 rings (SSSR count). The maximum Gasteiger partial charge on any atom is 0.256 e. The van der Waals surface area contributed by atoms with Gasteiger partial charge in [-0.05, 0) is 56.3 Å². The van der Waals surface area contributed by atoms with Crippen LogP contribution in [0.15, 0.2) is 42.7 Å². The smallest absolute Gasteiger partial charge is 0.256 e. The number of hydrogen-bond acceptors (Lipinski definition) is 4. The molecule has 7 heteroatoms. The minimum Gasteiger partial charge on any atom is -0.368 e. The highest BCUT2D eigenvalue weighted by molar-refractivity contribution is 5.97. The Balaban J connectivity index is 0.00000192. The van der Waals surface area contributed by atoms with Crippen molar-refractivity contribution in [2.45, 2.75) is 18.4 Å². The third-order valence-electron chi connectivity index (χ3n) is 4.11. The first-order valence-corrected chi connectivity index (χ1v) is 7.41. The van der Waals surface area contributed by atoms with E-state index in [2.05, 4.69) is 15.7 Å². The predicted molar refractivity (Wildman–Crippen MR) is 91.3 cm³/mol. The molecule has 124 valence electrons. The summed E-state index contributed by atoms with van der Waals surface area (Å²) in [4.78, 5) is 12.6. The number of rotatable bonds is 4. The van der Waals surface area contributed by atoms with Gasteiger partial charge in [0.2, 0.25) is 0 Å². The molecule has 1 aromatic carbocycles. The van der Waals surface area contributed by atoms with Gasteiger partial charge in [-0.2, -0.15) is 5.10 Å². The topological polar surface area (TPSA) is 68.2 Å². The van der Waals surface area contributed by atoms with Gasteiger partial charge in [0.25, 0.3) is 5.91 Å². The van der Waals surface area contributed by atoms with Crippen LogP contribution in [0.5, 0.6) is 0 Å². The summed E-state index contributed by atoms with van der Waals surface area (Å²) >= 11 is 0. The Morgan fingerprint density at radius 2 is 2.00 bits per heavy atom. The lowest BCUT2D eigenvalue weighted by Gasteiger charge is -2.34. The number of amides is 1. The van der Waals surface area contributed by atoms with Gasteiger partial charge < -0.3 is 15.4 Å². The number of halogens is 1. The van der Waals surface area contributed by atoms with E-state index in [-0.39, 0.29) is 18.3 Å². The largest absolute Gasteiger partial charge is 0.368 e. The molecule has 2 aromatic rings. The number of nitrogens with one attached hydrogen (secondary N) is 2. The van der Waals surface area contributed by atoms with Gasteiger partial charge in [0, 0.05) is 25.2 Å². The van der Waals surface area contributed by atoms with Crippen molar-refractivity contribution in [2.24, 2.45) is 0 Å². The Kier molecular flexibility index (Phi) is 5.76. The van der Waals surface area contributed by atoms with Crippen LogP contribution in [0.4, 0.5) is 5.69 Å². The van der Waals surface area contributed by atoms with Crippen molar-refractivity contribution in [1.29, 1.82) is 0 Å². The molecule has 1 amide bonds. The third kappa shape index (κ3) is 3.72. The number of benzene rings is 1. The summed E-state index contributed by atoms with van der Waals surface area (Å²) < 4.78 is 7.30. The molecule has 0 spiro atoms. The van der Waals surface area contributed by atoms with Crippen LogP contribution < -0.4 is 10.6 Å².